The van der Waals surface area contributed by atoms with E-state index in [1.165, 1.54) is 12.1 Å². The number of halogens is 2. The Morgan fingerprint density at radius 3 is 2.43 bits per heavy atom. The maximum Gasteiger partial charge on any atom is 0.126 e. The Balaban J connectivity index is 2.18. The molecule has 106 valence electrons. The Morgan fingerprint density at radius 2 is 1.71 bits per heavy atom. The first-order valence-corrected chi connectivity index (χ1v) is 6.65. The Kier molecular flexibility index (Phi) is 3.62. The van der Waals surface area contributed by atoms with Gasteiger partial charge >= 0.3 is 0 Å². The molecule has 21 heavy (non-hydrogen) atoms. The van der Waals surface area contributed by atoms with E-state index in [2.05, 4.69) is 10.3 Å². The molecule has 0 aliphatic carbocycles. The monoisotopic (exact) mass is 284 g/mol. The zero-order valence-electron chi connectivity index (χ0n) is 11.5. The van der Waals surface area contributed by atoms with Crippen LogP contribution in [0.15, 0.2) is 54.9 Å². The zero-order chi connectivity index (χ0) is 14.8. The molecule has 1 N–H and O–H groups in total. The number of pyridine rings is 1. The number of benzene rings is 2. The average molecular weight is 284 g/mol. The molecule has 0 fully saturated rings. The number of hydrogen-bond acceptors (Lipinski definition) is 2. The molecule has 0 radical (unpaired) electrons. The van der Waals surface area contributed by atoms with Gasteiger partial charge in [-0.05, 0) is 35.7 Å². The van der Waals surface area contributed by atoms with Crippen LogP contribution in [0.25, 0.3) is 10.8 Å². The predicted molar refractivity (Wildman–Crippen MR) is 79.0 cm³/mol. The van der Waals surface area contributed by atoms with E-state index in [1.54, 1.807) is 19.4 Å². The number of hydrogen-bond donors (Lipinski definition) is 1. The predicted octanol–water partition coefficient (Wildman–Crippen LogP) is 3.82. The molecule has 0 bridgehead atoms. The van der Waals surface area contributed by atoms with Crippen LogP contribution in [0.2, 0.25) is 0 Å². The van der Waals surface area contributed by atoms with Gasteiger partial charge in [0.15, 0.2) is 0 Å². The highest BCUT2D eigenvalue weighted by molar-refractivity contribution is 5.85. The van der Waals surface area contributed by atoms with Gasteiger partial charge < -0.3 is 5.32 Å². The lowest BCUT2D eigenvalue weighted by Crippen LogP contribution is -2.18. The van der Waals surface area contributed by atoms with E-state index in [1.807, 2.05) is 24.3 Å². The molecule has 3 rings (SSSR count). The molecule has 4 heteroatoms. The summed E-state index contributed by atoms with van der Waals surface area (Å²) in [6.07, 6.45) is 3.50. The molecular weight excluding hydrogens is 270 g/mol. The fourth-order valence-corrected chi connectivity index (χ4v) is 2.61. The summed E-state index contributed by atoms with van der Waals surface area (Å²) < 4.78 is 26.9. The van der Waals surface area contributed by atoms with Gasteiger partial charge in [0.05, 0.1) is 6.04 Å². The van der Waals surface area contributed by atoms with Gasteiger partial charge in [-0.15, -0.1) is 0 Å². The molecule has 2 aromatic carbocycles. The third-order valence-electron chi connectivity index (χ3n) is 3.52. The highest BCUT2D eigenvalue weighted by atomic mass is 19.1. The molecule has 0 saturated heterocycles. The van der Waals surface area contributed by atoms with Crippen molar-refractivity contribution >= 4 is 10.8 Å². The van der Waals surface area contributed by atoms with Crippen LogP contribution in [0.5, 0.6) is 0 Å². The third kappa shape index (κ3) is 2.62. The highest BCUT2D eigenvalue weighted by Crippen LogP contribution is 2.28. The van der Waals surface area contributed by atoms with E-state index in [4.69, 9.17) is 0 Å². The van der Waals surface area contributed by atoms with Crippen molar-refractivity contribution in [2.75, 3.05) is 7.05 Å². The highest BCUT2D eigenvalue weighted by Gasteiger charge is 2.16. The molecule has 0 aliphatic heterocycles. The minimum Gasteiger partial charge on any atom is -0.309 e. The summed E-state index contributed by atoms with van der Waals surface area (Å²) in [5.74, 6) is -1.17. The van der Waals surface area contributed by atoms with E-state index in [9.17, 15) is 8.78 Å². The van der Waals surface area contributed by atoms with Crippen LogP contribution in [-0.2, 0) is 0 Å². The lowest BCUT2D eigenvalue weighted by Gasteiger charge is -2.19. The molecule has 0 aliphatic rings. The molecule has 1 unspecified atom stereocenters. The SMILES string of the molecule is CNC(c1cc(F)cc(F)c1)c1cncc2ccccc12. The van der Waals surface area contributed by atoms with Crippen LogP contribution < -0.4 is 5.32 Å². The first-order chi connectivity index (χ1) is 10.2. The molecule has 1 aromatic heterocycles. The van der Waals surface area contributed by atoms with E-state index in [0.29, 0.717) is 5.56 Å². The van der Waals surface area contributed by atoms with Crippen LogP contribution in [-0.4, -0.2) is 12.0 Å². The van der Waals surface area contributed by atoms with Crippen LogP contribution in [0, 0.1) is 11.6 Å². The number of rotatable bonds is 3. The summed E-state index contributed by atoms with van der Waals surface area (Å²) in [4.78, 5) is 4.22. The smallest absolute Gasteiger partial charge is 0.126 e. The van der Waals surface area contributed by atoms with Gasteiger partial charge in [0.1, 0.15) is 11.6 Å². The summed E-state index contributed by atoms with van der Waals surface area (Å²) >= 11 is 0. The summed E-state index contributed by atoms with van der Waals surface area (Å²) in [5.41, 5.74) is 1.42. The van der Waals surface area contributed by atoms with Crippen molar-refractivity contribution in [3.8, 4) is 0 Å². The van der Waals surface area contributed by atoms with Crippen molar-refractivity contribution < 1.29 is 8.78 Å². The standard InChI is InChI=1S/C17H14F2N2/c1-20-17(12-6-13(18)8-14(19)7-12)16-10-21-9-11-4-2-3-5-15(11)16/h2-10,17,20H,1H3. The number of nitrogens with one attached hydrogen (secondary N) is 1. The molecule has 1 atom stereocenters. The maximum atomic E-state index is 13.5. The number of aromatic nitrogens is 1. The van der Waals surface area contributed by atoms with Crippen LogP contribution in [0.3, 0.4) is 0 Å². The Hall–Kier alpha value is -2.33. The van der Waals surface area contributed by atoms with Crippen LogP contribution in [0.4, 0.5) is 8.78 Å². The average Bonchev–Trinajstić information content (AvgIpc) is 2.47. The molecule has 0 spiro atoms. The fraction of sp³-hybridized carbons (Fsp3) is 0.118. The molecule has 0 saturated carbocycles. The molecule has 0 amide bonds. The minimum atomic E-state index is -0.585. The molecule has 2 nitrogen and oxygen atoms in total. The van der Waals surface area contributed by atoms with E-state index in [0.717, 1.165) is 22.4 Å². The van der Waals surface area contributed by atoms with Crippen molar-refractivity contribution in [1.29, 1.82) is 0 Å². The largest absolute Gasteiger partial charge is 0.309 e. The Bertz CT molecular complexity index is 761. The lowest BCUT2D eigenvalue weighted by atomic mass is 9.95. The second kappa shape index (κ2) is 5.58. The topological polar surface area (TPSA) is 24.9 Å². The summed E-state index contributed by atoms with van der Waals surface area (Å²) in [5, 5.41) is 5.11. The first kappa shape index (κ1) is 13.6. The normalized spacial score (nSPS) is 12.5. The Labute approximate surface area is 121 Å². The van der Waals surface area contributed by atoms with Crippen molar-refractivity contribution in [2.45, 2.75) is 6.04 Å². The van der Waals surface area contributed by atoms with Gasteiger partial charge in [-0.2, -0.15) is 0 Å². The van der Waals surface area contributed by atoms with Crippen molar-refractivity contribution in [2.24, 2.45) is 0 Å². The molecular formula is C17H14F2N2. The Morgan fingerprint density at radius 1 is 1.00 bits per heavy atom. The maximum absolute atomic E-state index is 13.5. The van der Waals surface area contributed by atoms with Gasteiger partial charge in [-0.1, -0.05) is 24.3 Å². The van der Waals surface area contributed by atoms with Crippen molar-refractivity contribution in [3.63, 3.8) is 0 Å². The second-order valence-corrected chi connectivity index (χ2v) is 4.87. The van der Waals surface area contributed by atoms with E-state index < -0.39 is 11.6 Å². The molecule has 3 aromatic rings. The van der Waals surface area contributed by atoms with E-state index in [-0.39, 0.29) is 6.04 Å². The zero-order valence-corrected chi connectivity index (χ0v) is 11.5. The molecule has 1 heterocycles. The van der Waals surface area contributed by atoms with Crippen molar-refractivity contribution in [1.82, 2.24) is 10.3 Å². The van der Waals surface area contributed by atoms with Gasteiger partial charge in [0.2, 0.25) is 0 Å². The first-order valence-electron chi connectivity index (χ1n) is 6.65. The number of fused-ring (bicyclic) bond motifs is 1. The van der Waals surface area contributed by atoms with E-state index >= 15 is 0 Å². The quantitative estimate of drug-likeness (QED) is 0.791. The van der Waals surface area contributed by atoms with Gasteiger partial charge in [0, 0.05) is 23.8 Å². The van der Waals surface area contributed by atoms with Gasteiger partial charge in [-0.3, -0.25) is 4.98 Å². The third-order valence-corrected chi connectivity index (χ3v) is 3.52. The lowest BCUT2D eigenvalue weighted by molar-refractivity contribution is 0.572. The minimum absolute atomic E-state index is 0.325. The van der Waals surface area contributed by atoms with Crippen LogP contribution >= 0.6 is 0 Å². The second-order valence-electron chi connectivity index (χ2n) is 4.87. The van der Waals surface area contributed by atoms with Crippen molar-refractivity contribution in [3.05, 3.63) is 77.6 Å². The van der Waals surface area contributed by atoms with Gasteiger partial charge in [0.25, 0.3) is 0 Å². The number of nitrogens with zero attached hydrogens (tertiary/aromatic N) is 1. The summed E-state index contributed by atoms with van der Waals surface area (Å²) in [6, 6.07) is 11.0. The van der Waals surface area contributed by atoms with Gasteiger partial charge in [-0.25, -0.2) is 8.78 Å². The fourth-order valence-electron chi connectivity index (χ4n) is 2.61. The summed E-state index contributed by atoms with van der Waals surface area (Å²) in [7, 11) is 1.76. The summed E-state index contributed by atoms with van der Waals surface area (Å²) in [6.45, 7) is 0. The van der Waals surface area contributed by atoms with Crippen LogP contribution in [0.1, 0.15) is 17.2 Å².